The molecule has 1 aromatic carbocycles. The summed E-state index contributed by atoms with van der Waals surface area (Å²) in [5, 5.41) is 12.8. The Morgan fingerprint density at radius 1 is 1.08 bits per heavy atom. The van der Waals surface area contributed by atoms with E-state index in [4.69, 9.17) is 14.8 Å². The van der Waals surface area contributed by atoms with Crippen LogP contribution < -0.4 is 4.74 Å². The molecule has 0 amide bonds. The van der Waals surface area contributed by atoms with Crippen LogP contribution in [0.5, 0.6) is 5.75 Å². The van der Waals surface area contributed by atoms with Gasteiger partial charge in [-0.1, -0.05) is 13.8 Å². The topological polar surface area (TPSA) is 70.7 Å². The van der Waals surface area contributed by atoms with Crippen LogP contribution in [0.4, 0.5) is 0 Å². The summed E-state index contributed by atoms with van der Waals surface area (Å²) in [6.07, 6.45) is 4.10. The lowest BCUT2D eigenvalue weighted by molar-refractivity contribution is 0.414. The van der Waals surface area contributed by atoms with Crippen LogP contribution in [0.1, 0.15) is 31.3 Å². The predicted octanol–water partition coefficient (Wildman–Crippen LogP) is 2.39. The molecule has 0 aliphatic carbocycles. The van der Waals surface area contributed by atoms with Gasteiger partial charge in [0.15, 0.2) is 5.82 Å². The molecule has 2 aromatic heterocycles. The highest BCUT2D eigenvalue weighted by molar-refractivity contribution is 5.37. The van der Waals surface area contributed by atoms with Crippen LogP contribution >= 0.6 is 0 Å². The van der Waals surface area contributed by atoms with E-state index in [2.05, 4.69) is 24.0 Å². The number of rotatable bonds is 7. The van der Waals surface area contributed by atoms with Crippen LogP contribution in [0.25, 0.3) is 5.69 Å². The Balaban J connectivity index is 1.88. The van der Waals surface area contributed by atoms with Crippen molar-refractivity contribution in [1.29, 1.82) is 0 Å². The van der Waals surface area contributed by atoms with Gasteiger partial charge < -0.3 is 9.30 Å². The van der Waals surface area contributed by atoms with Gasteiger partial charge in [0.25, 0.3) is 0 Å². The fourth-order valence-electron chi connectivity index (χ4n) is 2.69. The monoisotopic (exact) mass is 340 g/mol. The summed E-state index contributed by atoms with van der Waals surface area (Å²) in [5.41, 5.74) is 0.983. The molecule has 7 heteroatoms. The summed E-state index contributed by atoms with van der Waals surface area (Å²) < 4.78 is 9.10. The summed E-state index contributed by atoms with van der Waals surface area (Å²) in [6, 6.07) is 7.87. The maximum Gasteiger partial charge on any atom is 0.151 e. The Labute approximate surface area is 147 Å². The highest BCUT2D eigenvalue weighted by Gasteiger charge is 2.14. The van der Waals surface area contributed by atoms with Crippen molar-refractivity contribution in [2.24, 2.45) is 13.0 Å². The van der Waals surface area contributed by atoms with Gasteiger partial charge in [-0.3, -0.25) is 0 Å². The van der Waals surface area contributed by atoms with E-state index in [1.54, 1.807) is 13.4 Å². The molecule has 0 unspecified atom stereocenters. The molecule has 0 radical (unpaired) electrons. The summed E-state index contributed by atoms with van der Waals surface area (Å²) in [7, 11) is 3.62. The first kappa shape index (κ1) is 17.1. The van der Waals surface area contributed by atoms with Crippen molar-refractivity contribution in [3.05, 3.63) is 48.1 Å². The molecule has 132 valence electrons. The Morgan fingerprint density at radius 3 is 2.40 bits per heavy atom. The first-order valence-corrected chi connectivity index (χ1v) is 8.49. The average Bonchev–Trinajstić information content (AvgIpc) is 3.18. The predicted molar refractivity (Wildman–Crippen MR) is 94.9 cm³/mol. The van der Waals surface area contributed by atoms with Crippen molar-refractivity contribution in [1.82, 2.24) is 29.5 Å². The van der Waals surface area contributed by atoms with Crippen LogP contribution in [0, 0.1) is 5.92 Å². The zero-order valence-electron chi connectivity index (χ0n) is 15.2. The van der Waals surface area contributed by atoms with Crippen LogP contribution in [-0.4, -0.2) is 36.6 Å². The Bertz CT molecular complexity index is 818. The molecule has 0 spiro atoms. The van der Waals surface area contributed by atoms with Gasteiger partial charge in [0.1, 0.15) is 23.7 Å². The SMILES string of the molecule is COc1ccc(-n2nc(CC(C)C)nc2CCc2nncn2C)cc1. The van der Waals surface area contributed by atoms with Crippen molar-refractivity contribution in [3.63, 3.8) is 0 Å². The minimum Gasteiger partial charge on any atom is -0.497 e. The van der Waals surface area contributed by atoms with Crippen molar-refractivity contribution >= 4 is 0 Å². The van der Waals surface area contributed by atoms with Gasteiger partial charge in [0.05, 0.1) is 12.8 Å². The van der Waals surface area contributed by atoms with E-state index >= 15 is 0 Å². The third-order valence-electron chi connectivity index (χ3n) is 4.00. The second-order valence-electron chi connectivity index (χ2n) is 6.51. The van der Waals surface area contributed by atoms with E-state index in [0.717, 1.165) is 48.2 Å². The second-order valence-corrected chi connectivity index (χ2v) is 6.51. The second kappa shape index (κ2) is 7.46. The quantitative estimate of drug-likeness (QED) is 0.660. The fraction of sp³-hybridized carbons (Fsp3) is 0.444. The lowest BCUT2D eigenvalue weighted by Gasteiger charge is -2.07. The van der Waals surface area contributed by atoms with Gasteiger partial charge in [-0.25, -0.2) is 9.67 Å². The normalized spacial score (nSPS) is 11.2. The van der Waals surface area contributed by atoms with E-state index < -0.39 is 0 Å². The first-order valence-electron chi connectivity index (χ1n) is 8.49. The number of hydrogen-bond donors (Lipinski definition) is 0. The third-order valence-corrected chi connectivity index (χ3v) is 4.00. The van der Waals surface area contributed by atoms with E-state index in [1.165, 1.54) is 0 Å². The Hall–Kier alpha value is -2.70. The van der Waals surface area contributed by atoms with Crippen molar-refractivity contribution in [3.8, 4) is 11.4 Å². The third kappa shape index (κ3) is 4.04. The molecule has 3 rings (SSSR count). The standard InChI is InChI=1S/C18H24N6O/c1-13(2)11-16-20-17(9-10-18-21-19-12-23(18)3)24(22-16)14-5-7-15(25-4)8-6-14/h5-8,12-13H,9-11H2,1-4H3. The lowest BCUT2D eigenvalue weighted by Crippen LogP contribution is -2.07. The van der Waals surface area contributed by atoms with Crippen LogP contribution in [0.3, 0.4) is 0 Å². The number of nitrogens with zero attached hydrogens (tertiary/aromatic N) is 6. The Kier molecular flexibility index (Phi) is 5.11. The highest BCUT2D eigenvalue weighted by atomic mass is 16.5. The summed E-state index contributed by atoms with van der Waals surface area (Å²) in [6.45, 7) is 4.35. The number of aromatic nitrogens is 6. The van der Waals surface area contributed by atoms with E-state index in [9.17, 15) is 0 Å². The smallest absolute Gasteiger partial charge is 0.151 e. The largest absolute Gasteiger partial charge is 0.497 e. The van der Waals surface area contributed by atoms with Gasteiger partial charge >= 0.3 is 0 Å². The maximum absolute atomic E-state index is 5.24. The lowest BCUT2D eigenvalue weighted by atomic mass is 10.1. The molecule has 0 saturated carbocycles. The summed E-state index contributed by atoms with van der Waals surface area (Å²) >= 11 is 0. The van der Waals surface area contributed by atoms with E-state index in [-0.39, 0.29) is 0 Å². The van der Waals surface area contributed by atoms with E-state index in [1.807, 2.05) is 40.6 Å². The molecule has 7 nitrogen and oxygen atoms in total. The molecular formula is C18H24N6O. The van der Waals surface area contributed by atoms with E-state index in [0.29, 0.717) is 5.92 Å². The molecule has 3 aromatic rings. The van der Waals surface area contributed by atoms with Gasteiger partial charge in [0.2, 0.25) is 0 Å². The van der Waals surface area contributed by atoms with Crippen LogP contribution in [0.2, 0.25) is 0 Å². The molecule has 0 fully saturated rings. The molecule has 2 heterocycles. The first-order chi connectivity index (χ1) is 12.1. The minimum atomic E-state index is 0.512. The molecule has 0 saturated heterocycles. The number of aryl methyl sites for hydroxylation is 3. The fourth-order valence-corrected chi connectivity index (χ4v) is 2.69. The van der Waals surface area contributed by atoms with Gasteiger partial charge in [-0.2, -0.15) is 5.10 Å². The molecule has 0 aliphatic rings. The molecule has 0 bridgehead atoms. The number of methoxy groups -OCH3 is 1. The average molecular weight is 340 g/mol. The van der Waals surface area contributed by atoms with Crippen molar-refractivity contribution in [2.45, 2.75) is 33.1 Å². The van der Waals surface area contributed by atoms with Crippen molar-refractivity contribution < 1.29 is 4.74 Å². The molecule has 0 atom stereocenters. The zero-order chi connectivity index (χ0) is 17.8. The number of hydrogen-bond acceptors (Lipinski definition) is 5. The van der Waals surface area contributed by atoms with Crippen molar-refractivity contribution in [2.75, 3.05) is 7.11 Å². The van der Waals surface area contributed by atoms with Gasteiger partial charge in [-0.15, -0.1) is 10.2 Å². The molecule has 25 heavy (non-hydrogen) atoms. The summed E-state index contributed by atoms with van der Waals surface area (Å²) in [5.74, 6) is 4.09. The van der Waals surface area contributed by atoms with Crippen LogP contribution in [0.15, 0.2) is 30.6 Å². The highest BCUT2D eigenvalue weighted by Crippen LogP contribution is 2.17. The maximum atomic E-state index is 5.24. The van der Waals surface area contributed by atoms with Crippen LogP contribution in [-0.2, 0) is 26.3 Å². The Morgan fingerprint density at radius 2 is 1.80 bits per heavy atom. The van der Waals surface area contributed by atoms with Gasteiger partial charge in [-0.05, 0) is 30.2 Å². The molecular weight excluding hydrogens is 316 g/mol. The molecule has 0 N–H and O–H groups in total. The van der Waals surface area contributed by atoms with Gasteiger partial charge in [0, 0.05) is 26.3 Å². The number of ether oxygens (including phenoxy) is 1. The summed E-state index contributed by atoms with van der Waals surface area (Å²) in [4.78, 5) is 4.76. The zero-order valence-corrected chi connectivity index (χ0v) is 15.2. The number of benzene rings is 1. The minimum absolute atomic E-state index is 0.512. The molecule has 0 aliphatic heterocycles.